The summed E-state index contributed by atoms with van der Waals surface area (Å²) in [5.41, 5.74) is 0.970. The Balaban J connectivity index is 1.98. The second-order valence-corrected chi connectivity index (χ2v) is 6.74. The molecule has 0 bridgehead atoms. The molecule has 1 aromatic heterocycles. The molecule has 3 rings (SSSR count). The second kappa shape index (κ2) is 9.69. The van der Waals surface area contributed by atoms with Crippen molar-refractivity contribution in [3.05, 3.63) is 54.3 Å². The van der Waals surface area contributed by atoms with Gasteiger partial charge in [0.15, 0.2) is 11.6 Å². The molecular weight excluding hydrogens is 432 g/mol. The number of methoxy groups -OCH3 is 1. The van der Waals surface area contributed by atoms with E-state index < -0.39 is 24.0 Å². The smallest absolute Gasteiger partial charge is 0.494 e. The van der Waals surface area contributed by atoms with Crippen LogP contribution < -0.4 is 20.1 Å². The van der Waals surface area contributed by atoms with Gasteiger partial charge in [-0.3, -0.25) is 0 Å². The number of aliphatic hydroxyl groups is 1. The average Bonchev–Trinajstić information content (AvgIpc) is 2.72. The fourth-order valence-corrected chi connectivity index (χ4v) is 2.73. The van der Waals surface area contributed by atoms with E-state index in [0.29, 0.717) is 11.3 Å². The van der Waals surface area contributed by atoms with Crippen LogP contribution in [0.3, 0.4) is 0 Å². The molecular formula is C21H20F4N4O3. The van der Waals surface area contributed by atoms with E-state index in [-0.39, 0.29) is 29.8 Å². The molecule has 2 aromatic carbocycles. The van der Waals surface area contributed by atoms with E-state index in [9.17, 15) is 22.7 Å². The minimum atomic E-state index is -4.83. The van der Waals surface area contributed by atoms with Gasteiger partial charge in [0.1, 0.15) is 11.6 Å². The lowest BCUT2D eigenvalue weighted by molar-refractivity contribution is -0.274. The number of nitrogens with zero attached hydrogens (tertiary/aromatic N) is 2. The fourth-order valence-electron chi connectivity index (χ4n) is 2.73. The molecule has 0 saturated carbocycles. The zero-order valence-corrected chi connectivity index (χ0v) is 17.1. The van der Waals surface area contributed by atoms with Crippen LogP contribution in [0, 0.1) is 5.82 Å². The number of aliphatic hydroxyl groups excluding tert-OH is 1. The SMILES string of the molecule is COc1ccc(Nc2cc(-c3cccc(OC(F)(F)F)c3)nc(N[C@@H](C)CO)n2)cc1F. The van der Waals surface area contributed by atoms with Crippen molar-refractivity contribution in [2.24, 2.45) is 0 Å². The third-order valence-electron chi connectivity index (χ3n) is 4.16. The van der Waals surface area contributed by atoms with Gasteiger partial charge in [-0.15, -0.1) is 13.2 Å². The molecule has 0 spiro atoms. The molecule has 0 amide bonds. The predicted octanol–water partition coefficient (Wildman–Crippen LogP) is 4.73. The highest BCUT2D eigenvalue weighted by atomic mass is 19.4. The molecule has 0 aliphatic heterocycles. The Hall–Kier alpha value is -3.60. The largest absolute Gasteiger partial charge is 0.573 e. The van der Waals surface area contributed by atoms with Gasteiger partial charge in [-0.2, -0.15) is 4.98 Å². The Morgan fingerprint density at radius 3 is 2.53 bits per heavy atom. The standard InChI is InChI=1S/C21H20F4N4O3/c1-12(11-30)26-20-28-17(13-4-3-5-15(8-13)32-21(23,24)25)10-19(29-20)27-14-6-7-18(31-2)16(22)9-14/h3-10,12,30H,11H2,1-2H3,(H2,26,27,28,29)/t12-/m0/s1. The number of anilines is 3. The predicted molar refractivity (Wildman–Crippen MR) is 111 cm³/mol. The normalized spacial score (nSPS) is 12.2. The summed E-state index contributed by atoms with van der Waals surface area (Å²) in [5.74, 6) is -0.564. The maximum atomic E-state index is 14.0. The number of hydrogen-bond acceptors (Lipinski definition) is 7. The van der Waals surface area contributed by atoms with Crippen molar-refractivity contribution in [2.45, 2.75) is 19.3 Å². The molecule has 11 heteroatoms. The van der Waals surface area contributed by atoms with Crippen molar-refractivity contribution in [2.75, 3.05) is 24.4 Å². The van der Waals surface area contributed by atoms with Crippen LogP contribution in [0.4, 0.5) is 35.0 Å². The summed E-state index contributed by atoms with van der Waals surface area (Å²) in [6, 6.07) is 10.6. The topological polar surface area (TPSA) is 88.5 Å². The molecule has 0 unspecified atom stereocenters. The lowest BCUT2D eigenvalue weighted by Crippen LogP contribution is -2.21. The highest BCUT2D eigenvalue weighted by Gasteiger charge is 2.31. The summed E-state index contributed by atoms with van der Waals surface area (Å²) >= 11 is 0. The number of alkyl halides is 3. The van der Waals surface area contributed by atoms with E-state index in [1.54, 1.807) is 19.1 Å². The monoisotopic (exact) mass is 452 g/mol. The molecule has 0 saturated heterocycles. The summed E-state index contributed by atoms with van der Waals surface area (Å²) in [4.78, 5) is 8.60. The number of halogens is 4. The summed E-state index contributed by atoms with van der Waals surface area (Å²) in [7, 11) is 1.35. The van der Waals surface area contributed by atoms with Gasteiger partial charge in [-0.25, -0.2) is 9.37 Å². The highest BCUT2D eigenvalue weighted by molar-refractivity contribution is 5.68. The van der Waals surface area contributed by atoms with Crippen molar-refractivity contribution < 1.29 is 32.1 Å². The maximum Gasteiger partial charge on any atom is 0.573 e. The first-order chi connectivity index (χ1) is 15.2. The lowest BCUT2D eigenvalue weighted by atomic mass is 10.1. The molecule has 0 aliphatic rings. The van der Waals surface area contributed by atoms with Gasteiger partial charge in [0.25, 0.3) is 0 Å². The van der Waals surface area contributed by atoms with Gasteiger partial charge >= 0.3 is 6.36 Å². The van der Waals surface area contributed by atoms with Crippen LogP contribution >= 0.6 is 0 Å². The molecule has 170 valence electrons. The van der Waals surface area contributed by atoms with Crippen LogP contribution in [0.5, 0.6) is 11.5 Å². The maximum absolute atomic E-state index is 14.0. The van der Waals surface area contributed by atoms with Gasteiger partial charge < -0.3 is 25.2 Å². The zero-order chi connectivity index (χ0) is 23.3. The number of aromatic nitrogens is 2. The Kier molecular flexibility index (Phi) is 6.98. The first kappa shape index (κ1) is 23.1. The quantitative estimate of drug-likeness (QED) is 0.426. The minimum absolute atomic E-state index is 0.0690. The van der Waals surface area contributed by atoms with Crippen molar-refractivity contribution in [1.82, 2.24) is 9.97 Å². The molecule has 3 aromatic rings. The van der Waals surface area contributed by atoms with Gasteiger partial charge in [-0.05, 0) is 31.2 Å². The Morgan fingerprint density at radius 2 is 1.88 bits per heavy atom. The third kappa shape index (κ3) is 6.20. The molecule has 7 nitrogen and oxygen atoms in total. The van der Waals surface area contributed by atoms with E-state index in [2.05, 4.69) is 25.3 Å². The van der Waals surface area contributed by atoms with Crippen LogP contribution in [0.15, 0.2) is 48.5 Å². The second-order valence-electron chi connectivity index (χ2n) is 6.74. The zero-order valence-electron chi connectivity index (χ0n) is 17.1. The van der Waals surface area contributed by atoms with E-state index in [0.717, 1.165) is 0 Å². The van der Waals surface area contributed by atoms with E-state index in [4.69, 9.17) is 4.74 Å². The van der Waals surface area contributed by atoms with Gasteiger partial charge in [0, 0.05) is 29.4 Å². The van der Waals surface area contributed by atoms with E-state index in [1.165, 1.54) is 43.5 Å². The van der Waals surface area contributed by atoms with E-state index >= 15 is 0 Å². The lowest BCUT2D eigenvalue weighted by Gasteiger charge is -2.15. The summed E-state index contributed by atoms with van der Waals surface area (Å²) in [6.45, 7) is 1.49. The van der Waals surface area contributed by atoms with Crippen molar-refractivity contribution in [3.63, 3.8) is 0 Å². The number of rotatable bonds is 8. The van der Waals surface area contributed by atoms with Crippen LogP contribution in [-0.4, -0.2) is 41.2 Å². The van der Waals surface area contributed by atoms with Crippen LogP contribution in [0.2, 0.25) is 0 Å². The molecule has 3 N–H and O–H groups in total. The van der Waals surface area contributed by atoms with Gasteiger partial charge in [-0.1, -0.05) is 12.1 Å². The van der Waals surface area contributed by atoms with Gasteiger partial charge in [0.05, 0.1) is 19.4 Å². The number of nitrogens with one attached hydrogen (secondary N) is 2. The molecule has 32 heavy (non-hydrogen) atoms. The number of hydrogen-bond donors (Lipinski definition) is 3. The summed E-state index contributed by atoms with van der Waals surface area (Å²) in [6.07, 6.45) is -4.83. The summed E-state index contributed by atoms with van der Waals surface area (Å²) < 4.78 is 60.7. The Morgan fingerprint density at radius 1 is 1.09 bits per heavy atom. The van der Waals surface area contributed by atoms with Crippen LogP contribution in [-0.2, 0) is 0 Å². The average molecular weight is 452 g/mol. The van der Waals surface area contributed by atoms with Crippen LogP contribution in [0.25, 0.3) is 11.3 Å². The number of ether oxygens (including phenoxy) is 2. The molecule has 1 heterocycles. The fraction of sp³-hybridized carbons (Fsp3) is 0.238. The number of benzene rings is 2. The van der Waals surface area contributed by atoms with Crippen LogP contribution in [0.1, 0.15) is 6.92 Å². The minimum Gasteiger partial charge on any atom is -0.494 e. The molecule has 0 radical (unpaired) electrons. The summed E-state index contributed by atoms with van der Waals surface area (Å²) in [5, 5.41) is 15.1. The Bertz CT molecular complexity index is 1080. The molecule has 1 atom stereocenters. The Labute approximate surface area is 181 Å². The van der Waals surface area contributed by atoms with Crippen molar-refractivity contribution in [1.29, 1.82) is 0 Å². The van der Waals surface area contributed by atoms with E-state index in [1.807, 2.05) is 0 Å². The molecule has 0 fully saturated rings. The van der Waals surface area contributed by atoms with Gasteiger partial charge in [0.2, 0.25) is 5.95 Å². The van der Waals surface area contributed by atoms with Crippen molar-refractivity contribution >= 4 is 17.5 Å². The highest BCUT2D eigenvalue weighted by Crippen LogP contribution is 2.30. The van der Waals surface area contributed by atoms with Crippen molar-refractivity contribution in [3.8, 4) is 22.8 Å². The third-order valence-corrected chi connectivity index (χ3v) is 4.16. The first-order valence-electron chi connectivity index (χ1n) is 9.40. The molecule has 0 aliphatic carbocycles. The first-order valence-corrected chi connectivity index (χ1v) is 9.40.